The van der Waals surface area contributed by atoms with Gasteiger partial charge in [-0.1, -0.05) is 3.77 Å². The number of hydrogen-bond acceptors (Lipinski definition) is 4. The molecule has 1 rings (SSSR count). The van der Waals surface area contributed by atoms with Crippen molar-refractivity contribution in [3.63, 3.8) is 0 Å². The van der Waals surface area contributed by atoms with Crippen molar-refractivity contribution in [1.82, 2.24) is 4.98 Å². The molecule has 0 amide bonds. The minimum absolute atomic E-state index is 0.275. The minimum Gasteiger partial charge on any atom is -0.265 e. The van der Waals surface area contributed by atoms with Crippen LogP contribution >= 0.6 is 10.7 Å². The lowest BCUT2D eigenvalue weighted by atomic mass is 10.5. The molecule has 1 heterocycles. The van der Waals surface area contributed by atoms with Crippen LogP contribution in [0.5, 0.6) is 0 Å². The Hall–Kier alpha value is -0.660. The maximum atomic E-state index is 11.7. The Bertz CT molecular complexity index is 531. The summed E-state index contributed by atoms with van der Waals surface area (Å²) in [5, 5.41) is 0. The van der Waals surface area contributed by atoms with E-state index in [0.717, 1.165) is 0 Å². The summed E-state index contributed by atoms with van der Waals surface area (Å²) in [5.74, 6) is 0. The van der Waals surface area contributed by atoms with E-state index < -0.39 is 19.0 Å². The topological polar surface area (TPSA) is 76.5 Å². The van der Waals surface area contributed by atoms with E-state index in [9.17, 15) is 12.6 Å². The van der Waals surface area contributed by atoms with Gasteiger partial charge in [-0.25, -0.2) is 4.21 Å². The van der Waals surface area contributed by atoms with Crippen molar-refractivity contribution in [2.24, 2.45) is 3.77 Å². The quantitative estimate of drug-likeness (QED) is 0.739. The fraction of sp³-hybridized carbons (Fsp3) is 0.167. The summed E-state index contributed by atoms with van der Waals surface area (Å²) in [4.78, 5) is 3.98. The van der Waals surface area contributed by atoms with Crippen LogP contribution in [0.25, 0.3) is 0 Å². The molecule has 0 bridgehead atoms. The average molecular weight is 255 g/mol. The molecule has 0 saturated heterocycles. The first kappa shape index (κ1) is 11.4. The second kappa shape index (κ2) is 3.84. The van der Waals surface area contributed by atoms with Gasteiger partial charge in [0.15, 0.2) is 0 Å². The van der Waals surface area contributed by atoms with E-state index in [-0.39, 0.29) is 4.90 Å². The molecule has 1 aromatic heterocycles. The predicted molar refractivity (Wildman–Crippen MR) is 53.8 cm³/mol. The first-order chi connectivity index (χ1) is 6.31. The van der Waals surface area contributed by atoms with Gasteiger partial charge < -0.3 is 0 Å². The normalized spacial score (nSPS) is 15.9. The molecule has 0 fully saturated rings. The number of rotatable bonds is 2. The van der Waals surface area contributed by atoms with E-state index >= 15 is 0 Å². The highest BCUT2D eigenvalue weighted by atomic mass is 35.7. The Morgan fingerprint density at radius 2 is 1.79 bits per heavy atom. The number of pyridine rings is 1. The summed E-state index contributed by atoms with van der Waals surface area (Å²) in [6.45, 7) is 0. The van der Waals surface area contributed by atoms with E-state index in [1.807, 2.05) is 0 Å². The lowest BCUT2D eigenvalue weighted by Gasteiger charge is -2.00. The van der Waals surface area contributed by atoms with Crippen LogP contribution in [0.4, 0.5) is 0 Å². The molecule has 0 aliphatic rings. The molecular formula is C6H7ClN2O3S2. The zero-order valence-corrected chi connectivity index (χ0v) is 9.51. The fourth-order valence-electron chi connectivity index (χ4n) is 0.804. The SMILES string of the molecule is C[S@](=O)(=NS(=O)(=O)Cl)c1ccncc1. The third-order valence-corrected chi connectivity index (χ3v) is 4.82. The highest BCUT2D eigenvalue weighted by Crippen LogP contribution is 2.13. The maximum absolute atomic E-state index is 11.7. The van der Waals surface area contributed by atoms with Gasteiger partial charge in [-0.05, 0) is 12.1 Å². The fourth-order valence-corrected chi connectivity index (χ4v) is 4.10. The third-order valence-electron chi connectivity index (χ3n) is 1.32. The molecule has 0 radical (unpaired) electrons. The van der Waals surface area contributed by atoms with Crippen molar-refractivity contribution in [3.8, 4) is 0 Å². The predicted octanol–water partition coefficient (Wildman–Crippen LogP) is 1.02. The van der Waals surface area contributed by atoms with Gasteiger partial charge in [-0.2, -0.15) is 8.42 Å². The van der Waals surface area contributed by atoms with Crippen LogP contribution in [0.2, 0.25) is 0 Å². The number of nitrogens with zero attached hydrogens (tertiary/aromatic N) is 2. The summed E-state index contributed by atoms with van der Waals surface area (Å²) in [6.07, 6.45) is 3.99. The largest absolute Gasteiger partial charge is 0.347 e. The standard InChI is InChI=1S/C6H7ClN2O3S2/c1-13(10,9-14(7,11)12)6-2-4-8-5-3-6/h2-5H,1H3/t13-/m1/s1. The van der Waals surface area contributed by atoms with Gasteiger partial charge in [0.2, 0.25) is 0 Å². The van der Waals surface area contributed by atoms with E-state index in [4.69, 9.17) is 10.7 Å². The van der Waals surface area contributed by atoms with Gasteiger partial charge in [0.25, 0.3) is 0 Å². The Labute approximate surface area is 86.9 Å². The molecular weight excluding hydrogens is 248 g/mol. The number of hydrogen-bond donors (Lipinski definition) is 0. The summed E-state index contributed by atoms with van der Waals surface area (Å²) in [7, 11) is -2.25. The van der Waals surface area contributed by atoms with Gasteiger partial charge in [-0.15, -0.1) is 0 Å². The molecule has 0 aromatic carbocycles. The average Bonchev–Trinajstić information content (AvgIpc) is 2.01. The van der Waals surface area contributed by atoms with Crippen molar-refractivity contribution in [3.05, 3.63) is 24.5 Å². The molecule has 78 valence electrons. The van der Waals surface area contributed by atoms with Gasteiger partial charge in [0, 0.05) is 29.3 Å². The second-order valence-electron chi connectivity index (χ2n) is 2.47. The van der Waals surface area contributed by atoms with Crippen LogP contribution < -0.4 is 0 Å². The van der Waals surface area contributed by atoms with Crippen LogP contribution in [-0.2, 0) is 19.0 Å². The first-order valence-corrected chi connectivity index (χ1v) is 7.58. The first-order valence-electron chi connectivity index (χ1n) is 3.39. The summed E-state index contributed by atoms with van der Waals surface area (Å²) in [5.41, 5.74) is 0. The van der Waals surface area contributed by atoms with Crippen molar-refractivity contribution in [1.29, 1.82) is 0 Å². The van der Waals surface area contributed by atoms with E-state index in [2.05, 4.69) is 8.75 Å². The third kappa shape index (κ3) is 3.24. The van der Waals surface area contributed by atoms with Crippen molar-refractivity contribution < 1.29 is 12.6 Å². The van der Waals surface area contributed by atoms with Crippen molar-refractivity contribution >= 4 is 29.6 Å². The molecule has 1 aromatic rings. The molecule has 14 heavy (non-hydrogen) atoms. The van der Waals surface area contributed by atoms with Gasteiger partial charge in [0.1, 0.15) is 0 Å². The maximum Gasteiger partial charge on any atom is 0.347 e. The van der Waals surface area contributed by atoms with Crippen LogP contribution in [-0.4, -0.2) is 23.9 Å². The van der Waals surface area contributed by atoms with E-state index in [0.29, 0.717) is 0 Å². The molecule has 0 spiro atoms. The van der Waals surface area contributed by atoms with Crippen LogP contribution in [0.3, 0.4) is 0 Å². The van der Waals surface area contributed by atoms with Crippen molar-refractivity contribution in [2.45, 2.75) is 4.90 Å². The second-order valence-corrected chi connectivity index (χ2v) is 7.14. The molecule has 0 saturated carbocycles. The zero-order valence-electron chi connectivity index (χ0n) is 7.12. The summed E-state index contributed by atoms with van der Waals surface area (Å²) < 4.78 is 36.0. The molecule has 5 nitrogen and oxygen atoms in total. The number of halogens is 1. The number of aromatic nitrogens is 1. The smallest absolute Gasteiger partial charge is 0.265 e. The van der Waals surface area contributed by atoms with Gasteiger partial charge >= 0.3 is 9.24 Å². The summed E-state index contributed by atoms with van der Waals surface area (Å²) >= 11 is 0. The van der Waals surface area contributed by atoms with Gasteiger partial charge in [-0.3, -0.25) is 4.98 Å². The Morgan fingerprint density at radius 1 is 1.29 bits per heavy atom. The Kier molecular flexibility index (Phi) is 3.13. The van der Waals surface area contributed by atoms with E-state index in [1.165, 1.54) is 30.8 Å². The molecule has 8 heteroatoms. The van der Waals surface area contributed by atoms with E-state index in [1.54, 1.807) is 0 Å². The van der Waals surface area contributed by atoms with Crippen LogP contribution in [0.1, 0.15) is 0 Å². The monoisotopic (exact) mass is 254 g/mol. The lowest BCUT2D eigenvalue weighted by Crippen LogP contribution is -2.00. The Morgan fingerprint density at radius 3 is 2.21 bits per heavy atom. The zero-order chi connectivity index (χ0) is 10.8. The molecule has 0 aliphatic carbocycles. The molecule has 0 aliphatic heterocycles. The molecule has 1 atom stereocenters. The Balaban J connectivity index is 3.37. The molecule has 0 N–H and O–H groups in total. The highest BCUT2D eigenvalue weighted by molar-refractivity contribution is 8.17. The summed E-state index contributed by atoms with van der Waals surface area (Å²) in [6, 6.07) is 2.85. The van der Waals surface area contributed by atoms with Crippen LogP contribution in [0, 0.1) is 0 Å². The van der Waals surface area contributed by atoms with Gasteiger partial charge in [0.05, 0.1) is 14.6 Å². The highest BCUT2D eigenvalue weighted by Gasteiger charge is 2.10. The van der Waals surface area contributed by atoms with Crippen molar-refractivity contribution in [2.75, 3.05) is 6.26 Å². The minimum atomic E-state index is -4.13. The van der Waals surface area contributed by atoms with Crippen LogP contribution in [0.15, 0.2) is 33.2 Å². The molecule has 0 unspecified atom stereocenters. The lowest BCUT2D eigenvalue weighted by molar-refractivity contribution is 0.611.